The van der Waals surface area contributed by atoms with Crippen molar-refractivity contribution in [3.05, 3.63) is 0 Å². The number of hydrogen-bond donors (Lipinski definition) is 0. The van der Waals surface area contributed by atoms with Gasteiger partial charge in [0, 0.05) is 8.80 Å². The molecular weight excluding hydrogens is 184 g/mol. The van der Waals surface area contributed by atoms with Crippen molar-refractivity contribution in [3.63, 3.8) is 0 Å². The molecule has 0 unspecified atom stereocenters. The van der Waals surface area contributed by atoms with Gasteiger partial charge >= 0.3 is 0 Å². The van der Waals surface area contributed by atoms with Crippen LogP contribution in [0.1, 0.15) is 66.7 Å². The van der Waals surface area contributed by atoms with Crippen LogP contribution in [-0.2, 0) is 0 Å². The quantitative estimate of drug-likeness (QED) is 0.592. The van der Waals surface area contributed by atoms with Crippen LogP contribution in [0, 0.1) is 0 Å². The molecule has 0 nitrogen and oxygen atoms in total. The average Bonchev–Trinajstić information content (AvgIpc) is 2.02. The van der Waals surface area contributed by atoms with E-state index in [1.807, 2.05) is 0 Å². The number of hydrogen-bond acceptors (Lipinski definition) is 0. The Bertz CT molecular complexity index is 158. The van der Waals surface area contributed by atoms with Gasteiger partial charge in [0.2, 0.25) is 0 Å². The van der Waals surface area contributed by atoms with Gasteiger partial charge in [-0.15, -0.1) is 0 Å². The van der Waals surface area contributed by atoms with Gasteiger partial charge in [0.1, 0.15) is 0 Å². The van der Waals surface area contributed by atoms with E-state index in [1.54, 1.807) is 0 Å². The molecule has 0 atom stereocenters. The van der Waals surface area contributed by atoms with Crippen LogP contribution in [0.15, 0.2) is 0 Å². The molecule has 84 valence electrons. The van der Waals surface area contributed by atoms with Crippen molar-refractivity contribution in [2.45, 2.75) is 82.8 Å². The molecule has 0 aromatic carbocycles. The third-order valence-electron chi connectivity index (χ3n) is 4.24. The van der Waals surface area contributed by atoms with Crippen molar-refractivity contribution in [3.8, 4) is 0 Å². The smallest absolute Gasteiger partial charge is 0.0480 e. The highest BCUT2D eigenvalue weighted by molar-refractivity contribution is 6.65. The van der Waals surface area contributed by atoms with Gasteiger partial charge in [0.05, 0.1) is 0 Å². The highest BCUT2D eigenvalue weighted by Crippen LogP contribution is 2.51. The monoisotopic (exact) mass is 212 g/mol. The Labute approximate surface area is 92.1 Å². The molecule has 0 spiro atoms. The Balaban J connectivity index is 2.74. The largest absolute Gasteiger partial charge is 0.0654 e. The molecule has 1 aliphatic rings. The van der Waals surface area contributed by atoms with Crippen molar-refractivity contribution < 1.29 is 0 Å². The summed E-state index contributed by atoms with van der Waals surface area (Å²) in [5.74, 6) is 0. The van der Waals surface area contributed by atoms with Crippen LogP contribution in [-0.4, -0.2) is 8.80 Å². The van der Waals surface area contributed by atoms with Gasteiger partial charge in [-0.25, -0.2) is 0 Å². The van der Waals surface area contributed by atoms with Crippen molar-refractivity contribution in [2.24, 2.45) is 0 Å². The van der Waals surface area contributed by atoms with E-state index in [-0.39, 0.29) is 0 Å². The summed E-state index contributed by atoms with van der Waals surface area (Å²) in [7, 11) is -0.577. The minimum absolute atomic E-state index is 0.577. The molecule has 1 rings (SSSR count). The molecule has 0 saturated heterocycles. The highest BCUT2D eigenvalue weighted by Gasteiger charge is 2.39. The van der Waals surface area contributed by atoms with Gasteiger partial charge in [-0.3, -0.25) is 0 Å². The van der Waals surface area contributed by atoms with Gasteiger partial charge in [0.15, 0.2) is 0 Å². The van der Waals surface area contributed by atoms with Crippen molar-refractivity contribution >= 4 is 8.80 Å². The Kier molecular flexibility index (Phi) is 4.24. The zero-order valence-electron chi connectivity index (χ0n) is 10.8. The minimum atomic E-state index is -0.577. The van der Waals surface area contributed by atoms with E-state index in [0.29, 0.717) is 0 Å². The fraction of sp³-hybridized carbons (Fsp3) is 1.00. The SMILES string of the molecule is CC(C)[SiH](C(C)C)C1(C)CCCCC1. The van der Waals surface area contributed by atoms with Gasteiger partial charge < -0.3 is 0 Å². The second-order valence-corrected chi connectivity index (χ2v) is 11.3. The maximum Gasteiger partial charge on any atom is 0.0480 e. The molecule has 1 heteroatoms. The third-order valence-corrected chi connectivity index (χ3v) is 9.30. The van der Waals surface area contributed by atoms with E-state index in [4.69, 9.17) is 0 Å². The fourth-order valence-electron chi connectivity index (χ4n) is 4.07. The lowest BCUT2D eigenvalue weighted by atomic mass is 9.90. The van der Waals surface area contributed by atoms with E-state index >= 15 is 0 Å². The standard InChI is InChI=1S/C13H28Si/c1-11(2)14(12(3)4)13(5)9-7-6-8-10-13/h11-12,14H,6-10H2,1-5H3. The van der Waals surface area contributed by atoms with Gasteiger partial charge in [-0.1, -0.05) is 77.8 Å². The topological polar surface area (TPSA) is 0 Å². The molecule has 0 heterocycles. The van der Waals surface area contributed by atoms with Gasteiger partial charge in [-0.05, 0) is 5.04 Å². The molecule has 1 aliphatic carbocycles. The Morgan fingerprint density at radius 2 is 1.29 bits per heavy atom. The van der Waals surface area contributed by atoms with Crippen molar-refractivity contribution in [1.82, 2.24) is 0 Å². The minimum Gasteiger partial charge on any atom is -0.0654 e. The Morgan fingerprint density at radius 1 is 0.857 bits per heavy atom. The lowest BCUT2D eigenvalue weighted by Gasteiger charge is -2.44. The summed E-state index contributed by atoms with van der Waals surface area (Å²) >= 11 is 0. The first-order chi connectivity index (χ1) is 6.47. The Morgan fingerprint density at radius 3 is 1.64 bits per heavy atom. The zero-order valence-corrected chi connectivity index (χ0v) is 11.9. The first-order valence-corrected chi connectivity index (χ1v) is 8.38. The van der Waals surface area contributed by atoms with Crippen molar-refractivity contribution in [1.29, 1.82) is 0 Å². The molecule has 0 bridgehead atoms. The molecule has 1 fully saturated rings. The van der Waals surface area contributed by atoms with Gasteiger partial charge in [0.25, 0.3) is 0 Å². The molecule has 1 saturated carbocycles. The summed E-state index contributed by atoms with van der Waals surface area (Å²) in [5, 5.41) is 0.778. The first-order valence-electron chi connectivity index (χ1n) is 6.47. The normalized spacial score (nSPS) is 22.3. The molecule has 0 N–H and O–H groups in total. The predicted molar refractivity (Wildman–Crippen MR) is 68.8 cm³/mol. The van der Waals surface area contributed by atoms with Crippen molar-refractivity contribution in [2.75, 3.05) is 0 Å². The zero-order chi connectivity index (χ0) is 10.8. The van der Waals surface area contributed by atoms with E-state index in [2.05, 4.69) is 34.6 Å². The Hall–Kier alpha value is 0.217. The van der Waals surface area contributed by atoms with Crippen LogP contribution in [0.4, 0.5) is 0 Å². The van der Waals surface area contributed by atoms with Crippen LogP contribution in [0.3, 0.4) is 0 Å². The van der Waals surface area contributed by atoms with Crippen LogP contribution < -0.4 is 0 Å². The van der Waals surface area contributed by atoms with Crippen LogP contribution >= 0.6 is 0 Å². The van der Waals surface area contributed by atoms with E-state index in [0.717, 1.165) is 16.1 Å². The highest BCUT2D eigenvalue weighted by atomic mass is 28.3. The summed E-state index contributed by atoms with van der Waals surface area (Å²) in [5.41, 5.74) is 1.97. The van der Waals surface area contributed by atoms with E-state index in [1.165, 1.54) is 32.1 Å². The summed E-state index contributed by atoms with van der Waals surface area (Å²) < 4.78 is 0. The van der Waals surface area contributed by atoms with Crippen LogP contribution in [0.2, 0.25) is 16.1 Å². The van der Waals surface area contributed by atoms with Crippen LogP contribution in [0.5, 0.6) is 0 Å². The molecule has 0 radical (unpaired) electrons. The maximum absolute atomic E-state index is 2.60. The summed E-state index contributed by atoms with van der Waals surface area (Å²) in [6.45, 7) is 12.5. The lowest BCUT2D eigenvalue weighted by Crippen LogP contribution is -2.37. The molecule has 0 amide bonds. The fourth-order valence-corrected chi connectivity index (χ4v) is 9.91. The first kappa shape index (κ1) is 12.3. The molecule has 14 heavy (non-hydrogen) atoms. The van der Waals surface area contributed by atoms with Gasteiger partial charge in [-0.2, -0.15) is 0 Å². The third kappa shape index (κ3) is 2.62. The predicted octanol–water partition coefficient (Wildman–Crippen LogP) is 4.76. The molecule has 0 aliphatic heterocycles. The molecule has 0 aromatic rings. The summed E-state index contributed by atoms with van der Waals surface area (Å²) in [6.07, 6.45) is 7.55. The van der Waals surface area contributed by atoms with E-state index in [9.17, 15) is 0 Å². The summed E-state index contributed by atoms with van der Waals surface area (Å²) in [6, 6.07) is 0. The maximum atomic E-state index is 2.60. The summed E-state index contributed by atoms with van der Waals surface area (Å²) in [4.78, 5) is 0. The second-order valence-electron chi connectivity index (χ2n) is 6.23. The number of rotatable bonds is 3. The average molecular weight is 212 g/mol. The second kappa shape index (κ2) is 4.83. The van der Waals surface area contributed by atoms with E-state index < -0.39 is 8.80 Å². The van der Waals surface area contributed by atoms with Crippen LogP contribution in [0.25, 0.3) is 0 Å². The molecular formula is C13H28Si. The lowest BCUT2D eigenvalue weighted by molar-refractivity contribution is 0.386. The molecule has 0 aromatic heterocycles.